The molecule has 0 atom stereocenters. The highest BCUT2D eigenvalue weighted by Gasteiger charge is 2.09. The van der Waals surface area contributed by atoms with Gasteiger partial charge in [0.25, 0.3) is 5.91 Å². The number of hydrogen-bond donors (Lipinski definition) is 3. The molecule has 0 saturated heterocycles. The number of nitrogens with one attached hydrogen (secondary N) is 3. The van der Waals surface area contributed by atoms with E-state index in [4.69, 9.17) is 4.42 Å². The first kappa shape index (κ1) is 18.8. The van der Waals surface area contributed by atoms with Crippen molar-refractivity contribution in [2.24, 2.45) is 0 Å². The Morgan fingerprint density at radius 3 is 2.22 bits per heavy atom. The summed E-state index contributed by atoms with van der Waals surface area (Å²) in [5, 5.41) is 9.31. The van der Waals surface area contributed by atoms with E-state index in [0.717, 1.165) is 24.4 Å². The van der Waals surface area contributed by atoms with Gasteiger partial charge in [-0.25, -0.2) is 0 Å². The van der Waals surface area contributed by atoms with E-state index in [2.05, 4.69) is 33.1 Å². The number of amides is 1. The van der Waals surface area contributed by atoms with E-state index in [1.807, 2.05) is 31.3 Å². The Morgan fingerprint density at radius 1 is 0.926 bits per heavy atom. The predicted octanol–water partition coefficient (Wildman–Crippen LogP) is 2.61. The van der Waals surface area contributed by atoms with Crippen molar-refractivity contribution in [2.45, 2.75) is 26.2 Å². The molecule has 0 saturated carbocycles. The summed E-state index contributed by atoms with van der Waals surface area (Å²) in [5.41, 5.74) is 4.00. The molecule has 140 valence electrons. The zero-order chi connectivity index (χ0) is 18.9. The molecule has 0 spiro atoms. The lowest BCUT2D eigenvalue weighted by Gasteiger charge is -2.07. The lowest BCUT2D eigenvalue weighted by atomic mass is 10.1. The van der Waals surface area contributed by atoms with Crippen molar-refractivity contribution in [1.82, 2.24) is 20.9 Å². The lowest BCUT2D eigenvalue weighted by Crippen LogP contribution is -2.22. The molecule has 3 aromatic rings. The number of aromatic nitrogens is 1. The number of benzene rings is 1. The van der Waals surface area contributed by atoms with Crippen molar-refractivity contribution in [1.29, 1.82) is 0 Å². The van der Waals surface area contributed by atoms with Gasteiger partial charge in [0.2, 0.25) is 0 Å². The molecular formula is C21H24N4O2. The van der Waals surface area contributed by atoms with Gasteiger partial charge in [0.15, 0.2) is 0 Å². The molecule has 6 heteroatoms. The summed E-state index contributed by atoms with van der Waals surface area (Å²) in [6.45, 7) is 2.68. The molecule has 0 bridgehead atoms. The highest BCUT2D eigenvalue weighted by molar-refractivity contribution is 5.93. The molecule has 0 aliphatic heterocycles. The minimum Gasteiger partial charge on any atom is -0.467 e. The number of carbonyl (C=O) groups excluding carboxylic acids is 1. The Hall–Kier alpha value is -2.96. The van der Waals surface area contributed by atoms with Crippen LogP contribution in [0.1, 0.15) is 32.8 Å². The largest absolute Gasteiger partial charge is 0.467 e. The molecular weight excluding hydrogens is 340 g/mol. The third-order valence-corrected chi connectivity index (χ3v) is 4.15. The van der Waals surface area contributed by atoms with Crippen molar-refractivity contribution >= 4 is 5.91 Å². The molecule has 27 heavy (non-hydrogen) atoms. The van der Waals surface area contributed by atoms with Gasteiger partial charge in [-0.2, -0.15) is 0 Å². The monoisotopic (exact) mass is 364 g/mol. The summed E-state index contributed by atoms with van der Waals surface area (Å²) in [6, 6.07) is 14.0. The zero-order valence-electron chi connectivity index (χ0n) is 15.4. The Labute approximate surface area is 159 Å². The molecule has 6 nitrogen and oxygen atoms in total. The van der Waals surface area contributed by atoms with Crippen LogP contribution in [-0.4, -0.2) is 17.9 Å². The van der Waals surface area contributed by atoms with Crippen LogP contribution in [0.2, 0.25) is 0 Å². The second kappa shape index (κ2) is 9.66. The fraction of sp³-hybridized carbons (Fsp3) is 0.238. The Morgan fingerprint density at radius 2 is 1.56 bits per heavy atom. The second-order valence-electron chi connectivity index (χ2n) is 6.29. The van der Waals surface area contributed by atoms with Gasteiger partial charge in [-0.1, -0.05) is 24.3 Å². The van der Waals surface area contributed by atoms with E-state index < -0.39 is 0 Å². The standard InChI is InChI=1S/C21H24N4O2/c1-22-14-20-10-19(15-27-20)21(26)25-13-17-4-2-16(3-5-17)11-24-12-18-6-8-23-9-7-18/h2-10,15,22,24H,11-14H2,1H3,(H,25,26). The molecule has 2 heterocycles. The normalized spacial score (nSPS) is 10.7. The predicted molar refractivity (Wildman–Crippen MR) is 104 cm³/mol. The van der Waals surface area contributed by atoms with Gasteiger partial charge in [-0.15, -0.1) is 0 Å². The van der Waals surface area contributed by atoms with Crippen molar-refractivity contribution in [3.8, 4) is 0 Å². The van der Waals surface area contributed by atoms with Crippen molar-refractivity contribution in [3.05, 3.63) is 89.1 Å². The molecule has 3 rings (SSSR count). The summed E-state index contributed by atoms with van der Waals surface area (Å²) < 4.78 is 5.33. The van der Waals surface area contributed by atoms with Crippen molar-refractivity contribution < 1.29 is 9.21 Å². The fourth-order valence-electron chi connectivity index (χ4n) is 2.68. The number of nitrogens with zero attached hydrogens (tertiary/aromatic N) is 1. The number of hydrogen-bond acceptors (Lipinski definition) is 5. The SMILES string of the molecule is CNCc1cc(C(=O)NCc2ccc(CNCc3ccncc3)cc2)co1. The Kier molecular flexibility index (Phi) is 6.73. The second-order valence-corrected chi connectivity index (χ2v) is 6.29. The summed E-state index contributed by atoms with van der Waals surface area (Å²) >= 11 is 0. The lowest BCUT2D eigenvalue weighted by molar-refractivity contribution is 0.0950. The van der Waals surface area contributed by atoms with Crippen LogP contribution in [0, 0.1) is 0 Å². The minimum absolute atomic E-state index is 0.135. The topological polar surface area (TPSA) is 79.2 Å². The van der Waals surface area contributed by atoms with E-state index in [-0.39, 0.29) is 5.91 Å². The van der Waals surface area contributed by atoms with Crippen molar-refractivity contribution in [2.75, 3.05) is 7.05 Å². The highest BCUT2D eigenvalue weighted by Crippen LogP contribution is 2.09. The average molecular weight is 364 g/mol. The molecule has 0 aliphatic rings. The van der Waals surface area contributed by atoms with Gasteiger partial charge in [0.1, 0.15) is 12.0 Å². The maximum atomic E-state index is 12.2. The van der Waals surface area contributed by atoms with Gasteiger partial charge >= 0.3 is 0 Å². The van der Waals surface area contributed by atoms with Crippen molar-refractivity contribution in [3.63, 3.8) is 0 Å². The quantitative estimate of drug-likeness (QED) is 0.544. The maximum Gasteiger partial charge on any atom is 0.254 e. The van der Waals surface area contributed by atoms with Crippen LogP contribution in [0.15, 0.2) is 65.5 Å². The summed E-state index contributed by atoms with van der Waals surface area (Å²) in [5.74, 6) is 0.607. The molecule has 3 N–H and O–H groups in total. The van der Waals surface area contributed by atoms with E-state index >= 15 is 0 Å². The highest BCUT2D eigenvalue weighted by atomic mass is 16.3. The Bertz CT molecular complexity index is 844. The molecule has 0 fully saturated rings. The van der Waals surface area contributed by atoms with Crippen LogP contribution in [0.3, 0.4) is 0 Å². The number of rotatable bonds is 9. The zero-order valence-corrected chi connectivity index (χ0v) is 15.4. The molecule has 0 radical (unpaired) electrons. The van der Waals surface area contributed by atoms with Crippen LogP contribution in [0.4, 0.5) is 0 Å². The minimum atomic E-state index is -0.135. The first-order chi connectivity index (χ1) is 13.2. The van der Waals surface area contributed by atoms with Gasteiger partial charge < -0.3 is 20.4 Å². The van der Waals surface area contributed by atoms with E-state index in [1.165, 1.54) is 17.4 Å². The molecule has 1 aromatic carbocycles. The number of pyridine rings is 1. The van der Waals surface area contributed by atoms with Crippen LogP contribution in [-0.2, 0) is 26.2 Å². The van der Waals surface area contributed by atoms with Gasteiger partial charge in [-0.3, -0.25) is 9.78 Å². The van der Waals surface area contributed by atoms with Crippen LogP contribution >= 0.6 is 0 Å². The van der Waals surface area contributed by atoms with Gasteiger partial charge in [-0.05, 0) is 41.9 Å². The van der Waals surface area contributed by atoms with Crippen LogP contribution in [0.5, 0.6) is 0 Å². The first-order valence-electron chi connectivity index (χ1n) is 8.92. The maximum absolute atomic E-state index is 12.2. The summed E-state index contributed by atoms with van der Waals surface area (Å²) in [7, 11) is 1.83. The number of carbonyl (C=O) groups is 1. The third-order valence-electron chi connectivity index (χ3n) is 4.15. The molecule has 2 aromatic heterocycles. The van der Waals surface area contributed by atoms with Gasteiger partial charge in [0, 0.05) is 32.0 Å². The smallest absolute Gasteiger partial charge is 0.254 e. The van der Waals surface area contributed by atoms with Crippen LogP contribution in [0.25, 0.3) is 0 Å². The summed E-state index contributed by atoms with van der Waals surface area (Å²) in [6.07, 6.45) is 5.08. The molecule has 0 unspecified atom stereocenters. The third kappa shape index (κ3) is 5.77. The fourth-order valence-corrected chi connectivity index (χ4v) is 2.68. The summed E-state index contributed by atoms with van der Waals surface area (Å²) in [4.78, 5) is 16.2. The Balaban J connectivity index is 1.43. The van der Waals surface area contributed by atoms with Crippen LogP contribution < -0.4 is 16.0 Å². The first-order valence-corrected chi connectivity index (χ1v) is 8.92. The van der Waals surface area contributed by atoms with E-state index in [1.54, 1.807) is 18.5 Å². The molecule has 0 aliphatic carbocycles. The number of furan rings is 1. The average Bonchev–Trinajstić information content (AvgIpc) is 3.17. The van der Waals surface area contributed by atoms with Gasteiger partial charge in [0.05, 0.1) is 12.1 Å². The van der Waals surface area contributed by atoms with E-state index in [9.17, 15) is 4.79 Å². The van der Waals surface area contributed by atoms with E-state index in [0.29, 0.717) is 18.7 Å². The molecule has 1 amide bonds.